The van der Waals surface area contributed by atoms with Crippen LogP contribution in [0.25, 0.3) is 0 Å². The van der Waals surface area contributed by atoms with E-state index in [1.165, 1.54) is 12.8 Å². The van der Waals surface area contributed by atoms with Crippen molar-refractivity contribution in [2.75, 3.05) is 6.54 Å². The Balaban J connectivity index is 2.26. The quantitative estimate of drug-likeness (QED) is 0.742. The maximum atomic E-state index is 5.46. The Kier molecular flexibility index (Phi) is 5.62. The molecule has 0 aliphatic rings. The fourth-order valence-corrected chi connectivity index (χ4v) is 1.84. The first-order valence-corrected chi connectivity index (χ1v) is 6.60. The Morgan fingerprint density at radius 1 is 1.18 bits per heavy atom. The molecule has 2 N–H and O–H groups in total. The lowest BCUT2D eigenvalue weighted by Gasteiger charge is -2.15. The van der Waals surface area contributed by atoms with Crippen molar-refractivity contribution in [3.05, 3.63) is 11.9 Å². The standard InChI is InChI=1S/C13H26N4/c1-13(2,3)10-12-11-17(16-15-12)9-7-5-4-6-8-14/h11H,4-10,14H2,1-3H3. The van der Waals surface area contributed by atoms with Gasteiger partial charge in [-0.1, -0.05) is 38.8 Å². The van der Waals surface area contributed by atoms with Gasteiger partial charge in [0.15, 0.2) is 0 Å². The van der Waals surface area contributed by atoms with Crippen LogP contribution in [0.2, 0.25) is 0 Å². The Morgan fingerprint density at radius 3 is 2.53 bits per heavy atom. The highest BCUT2D eigenvalue weighted by molar-refractivity contribution is 4.95. The number of hydrogen-bond donors (Lipinski definition) is 1. The maximum Gasteiger partial charge on any atom is 0.0832 e. The van der Waals surface area contributed by atoms with E-state index in [4.69, 9.17) is 5.73 Å². The summed E-state index contributed by atoms with van der Waals surface area (Å²) in [5, 5.41) is 8.37. The predicted molar refractivity (Wildman–Crippen MR) is 70.7 cm³/mol. The summed E-state index contributed by atoms with van der Waals surface area (Å²) in [5.41, 5.74) is 6.83. The highest BCUT2D eigenvalue weighted by Crippen LogP contribution is 2.18. The second-order valence-corrected chi connectivity index (χ2v) is 5.91. The molecule has 1 aromatic heterocycles. The molecule has 1 rings (SSSR count). The van der Waals surface area contributed by atoms with E-state index in [1.807, 2.05) is 4.68 Å². The van der Waals surface area contributed by atoms with Crippen molar-refractivity contribution in [2.45, 2.75) is 59.4 Å². The minimum atomic E-state index is 0.280. The van der Waals surface area contributed by atoms with Gasteiger partial charge in [0, 0.05) is 12.7 Å². The molecule has 1 aromatic rings. The molecule has 0 amide bonds. The molecule has 0 unspecified atom stereocenters. The zero-order valence-corrected chi connectivity index (χ0v) is 11.4. The second-order valence-electron chi connectivity index (χ2n) is 5.91. The molecule has 0 saturated carbocycles. The van der Waals surface area contributed by atoms with Crippen molar-refractivity contribution >= 4 is 0 Å². The van der Waals surface area contributed by atoms with Crippen LogP contribution in [0.3, 0.4) is 0 Å². The van der Waals surface area contributed by atoms with Crippen molar-refractivity contribution in [3.63, 3.8) is 0 Å². The fraction of sp³-hybridized carbons (Fsp3) is 0.846. The molecule has 0 bridgehead atoms. The molecular weight excluding hydrogens is 212 g/mol. The molecule has 1 heterocycles. The maximum absolute atomic E-state index is 5.46. The molecule has 4 nitrogen and oxygen atoms in total. The van der Waals surface area contributed by atoms with Crippen molar-refractivity contribution < 1.29 is 0 Å². The summed E-state index contributed by atoms with van der Waals surface area (Å²) in [6, 6.07) is 0. The lowest BCUT2D eigenvalue weighted by molar-refractivity contribution is 0.406. The Labute approximate surface area is 105 Å². The molecule has 0 atom stereocenters. The van der Waals surface area contributed by atoms with Crippen LogP contribution in [-0.4, -0.2) is 21.5 Å². The van der Waals surface area contributed by atoms with Gasteiger partial charge in [-0.2, -0.15) is 0 Å². The number of aromatic nitrogens is 3. The number of nitrogens with zero attached hydrogens (tertiary/aromatic N) is 3. The van der Waals surface area contributed by atoms with Crippen molar-refractivity contribution in [1.82, 2.24) is 15.0 Å². The van der Waals surface area contributed by atoms with Crippen LogP contribution in [0, 0.1) is 5.41 Å². The Morgan fingerprint density at radius 2 is 1.88 bits per heavy atom. The molecule has 0 aliphatic heterocycles. The van der Waals surface area contributed by atoms with Gasteiger partial charge in [-0.15, -0.1) is 5.10 Å². The number of aryl methyl sites for hydroxylation is 1. The lowest BCUT2D eigenvalue weighted by atomic mass is 9.91. The van der Waals surface area contributed by atoms with Crippen LogP contribution in [0.15, 0.2) is 6.20 Å². The first-order chi connectivity index (χ1) is 8.01. The van der Waals surface area contributed by atoms with Gasteiger partial charge in [-0.25, -0.2) is 0 Å². The highest BCUT2D eigenvalue weighted by Gasteiger charge is 2.13. The van der Waals surface area contributed by atoms with E-state index in [9.17, 15) is 0 Å². The van der Waals surface area contributed by atoms with E-state index in [-0.39, 0.29) is 5.41 Å². The number of nitrogens with two attached hydrogens (primary N) is 1. The number of unbranched alkanes of at least 4 members (excludes halogenated alkanes) is 3. The van der Waals surface area contributed by atoms with Crippen LogP contribution in [0.4, 0.5) is 0 Å². The van der Waals surface area contributed by atoms with Gasteiger partial charge in [0.2, 0.25) is 0 Å². The van der Waals surface area contributed by atoms with Gasteiger partial charge >= 0.3 is 0 Å². The molecule has 0 radical (unpaired) electrons. The monoisotopic (exact) mass is 238 g/mol. The van der Waals surface area contributed by atoms with Crippen molar-refractivity contribution in [3.8, 4) is 0 Å². The van der Waals surface area contributed by atoms with Gasteiger partial charge in [0.25, 0.3) is 0 Å². The smallest absolute Gasteiger partial charge is 0.0832 e. The highest BCUT2D eigenvalue weighted by atomic mass is 15.4. The van der Waals surface area contributed by atoms with Gasteiger partial charge < -0.3 is 5.73 Å². The van der Waals surface area contributed by atoms with Gasteiger partial charge in [0.1, 0.15) is 0 Å². The number of rotatable bonds is 7. The zero-order valence-electron chi connectivity index (χ0n) is 11.4. The zero-order chi connectivity index (χ0) is 12.7. The van der Waals surface area contributed by atoms with Gasteiger partial charge in [-0.3, -0.25) is 4.68 Å². The number of hydrogen-bond acceptors (Lipinski definition) is 3. The fourth-order valence-electron chi connectivity index (χ4n) is 1.84. The molecule has 98 valence electrons. The van der Waals surface area contributed by atoms with Crippen molar-refractivity contribution in [2.24, 2.45) is 11.1 Å². The minimum Gasteiger partial charge on any atom is -0.330 e. The largest absolute Gasteiger partial charge is 0.330 e. The topological polar surface area (TPSA) is 56.7 Å². The normalized spacial score (nSPS) is 12.0. The average molecular weight is 238 g/mol. The van der Waals surface area contributed by atoms with Crippen molar-refractivity contribution in [1.29, 1.82) is 0 Å². The summed E-state index contributed by atoms with van der Waals surface area (Å²) in [6.07, 6.45) is 7.81. The Bertz CT molecular complexity index is 311. The molecule has 4 heteroatoms. The van der Waals surface area contributed by atoms with E-state index < -0.39 is 0 Å². The van der Waals surface area contributed by atoms with Crippen LogP contribution in [-0.2, 0) is 13.0 Å². The lowest BCUT2D eigenvalue weighted by Crippen LogP contribution is -2.09. The first kappa shape index (κ1) is 14.2. The summed E-state index contributed by atoms with van der Waals surface area (Å²) in [4.78, 5) is 0. The summed E-state index contributed by atoms with van der Waals surface area (Å²) >= 11 is 0. The van der Waals surface area contributed by atoms with E-state index in [1.54, 1.807) is 0 Å². The molecule has 0 fully saturated rings. The van der Waals surface area contributed by atoms with E-state index in [2.05, 4.69) is 37.3 Å². The summed E-state index contributed by atoms with van der Waals surface area (Å²) in [6.45, 7) is 8.44. The molecule has 17 heavy (non-hydrogen) atoms. The van der Waals surface area contributed by atoms with Crippen LogP contribution in [0.5, 0.6) is 0 Å². The second kappa shape index (κ2) is 6.74. The molecule has 0 saturated heterocycles. The molecule has 0 spiro atoms. The Hall–Kier alpha value is -0.900. The van der Waals surface area contributed by atoms with Crippen LogP contribution < -0.4 is 5.73 Å². The minimum absolute atomic E-state index is 0.280. The van der Waals surface area contributed by atoms with E-state index in [0.29, 0.717) is 0 Å². The third kappa shape index (κ3) is 6.41. The molecule has 0 aromatic carbocycles. The predicted octanol–water partition coefficient (Wildman–Crippen LogP) is 2.39. The van der Waals surface area contributed by atoms with Gasteiger partial charge in [-0.05, 0) is 31.2 Å². The van der Waals surface area contributed by atoms with E-state index in [0.717, 1.165) is 38.0 Å². The molecule has 0 aliphatic carbocycles. The van der Waals surface area contributed by atoms with E-state index >= 15 is 0 Å². The summed E-state index contributed by atoms with van der Waals surface area (Å²) in [7, 11) is 0. The van der Waals surface area contributed by atoms with Crippen LogP contribution in [0.1, 0.15) is 52.1 Å². The van der Waals surface area contributed by atoms with Crippen LogP contribution >= 0.6 is 0 Å². The van der Waals surface area contributed by atoms with Gasteiger partial charge in [0.05, 0.1) is 5.69 Å². The first-order valence-electron chi connectivity index (χ1n) is 6.60. The SMILES string of the molecule is CC(C)(C)Cc1cn(CCCCCCN)nn1. The summed E-state index contributed by atoms with van der Waals surface area (Å²) in [5.74, 6) is 0. The molecular formula is C13H26N4. The third-order valence-electron chi connectivity index (χ3n) is 2.64. The third-order valence-corrected chi connectivity index (χ3v) is 2.64. The summed E-state index contributed by atoms with van der Waals surface area (Å²) < 4.78 is 1.96. The average Bonchev–Trinajstić information content (AvgIpc) is 2.63.